The fourth-order valence-electron chi connectivity index (χ4n) is 3.13. The van der Waals surface area contributed by atoms with E-state index in [1.165, 1.54) is 42.1 Å². The topological polar surface area (TPSA) is 12.0 Å². The molecule has 112 valence electrons. The molecule has 0 heterocycles. The molecule has 0 aliphatic heterocycles. The van der Waals surface area contributed by atoms with E-state index >= 15 is 0 Å². The van der Waals surface area contributed by atoms with Crippen molar-refractivity contribution in [3.05, 3.63) is 34.3 Å². The lowest BCUT2D eigenvalue weighted by molar-refractivity contribution is 0.262. The Bertz CT molecular complexity index is 410. The maximum Gasteiger partial charge on any atom is 0.0210 e. The van der Waals surface area contributed by atoms with Crippen LogP contribution in [0.2, 0.25) is 0 Å². The molecule has 0 amide bonds. The van der Waals surface area contributed by atoms with Crippen molar-refractivity contribution in [1.82, 2.24) is 5.32 Å². The van der Waals surface area contributed by atoms with E-state index in [0.29, 0.717) is 6.04 Å². The summed E-state index contributed by atoms with van der Waals surface area (Å²) in [6.07, 6.45) is 6.60. The van der Waals surface area contributed by atoms with E-state index in [4.69, 9.17) is 0 Å². The molecule has 0 bridgehead atoms. The van der Waals surface area contributed by atoms with Crippen molar-refractivity contribution >= 4 is 15.9 Å². The van der Waals surface area contributed by atoms with Crippen LogP contribution in [0.25, 0.3) is 0 Å². The second kappa shape index (κ2) is 7.61. The second-order valence-electron chi connectivity index (χ2n) is 6.78. The first-order valence-electron chi connectivity index (χ1n) is 8.06. The molecular formula is C18H28BrN. The van der Waals surface area contributed by atoms with Crippen LogP contribution in [0, 0.1) is 5.92 Å². The van der Waals surface area contributed by atoms with Gasteiger partial charge in [0.05, 0.1) is 0 Å². The molecule has 0 spiro atoms. The molecule has 1 N–H and O–H groups in total. The summed E-state index contributed by atoms with van der Waals surface area (Å²) in [7, 11) is 0. The van der Waals surface area contributed by atoms with Crippen LogP contribution in [0.4, 0.5) is 0 Å². The zero-order valence-electron chi connectivity index (χ0n) is 13.0. The van der Waals surface area contributed by atoms with Crippen LogP contribution in [0.5, 0.6) is 0 Å². The Balaban J connectivity index is 1.68. The molecule has 1 unspecified atom stereocenters. The third-order valence-corrected chi connectivity index (χ3v) is 5.14. The zero-order valence-corrected chi connectivity index (χ0v) is 14.6. The van der Waals surface area contributed by atoms with Crippen molar-refractivity contribution in [3.8, 4) is 0 Å². The highest BCUT2D eigenvalue weighted by molar-refractivity contribution is 9.10. The number of rotatable bonds is 7. The third-order valence-electron chi connectivity index (χ3n) is 4.42. The van der Waals surface area contributed by atoms with Crippen LogP contribution in [0.15, 0.2) is 28.7 Å². The Morgan fingerprint density at radius 1 is 1.15 bits per heavy atom. The summed E-state index contributed by atoms with van der Waals surface area (Å²) in [6, 6.07) is 10.1. The van der Waals surface area contributed by atoms with Gasteiger partial charge < -0.3 is 5.32 Å². The Morgan fingerprint density at radius 3 is 2.50 bits per heavy atom. The molecule has 1 atom stereocenters. The lowest BCUT2D eigenvalue weighted by atomic mass is 9.75. The largest absolute Gasteiger partial charge is 0.311 e. The van der Waals surface area contributed by atoms with Crippen molar-refractivity contribution in [2.75, 3.05) is 0 Å². The minimum absolute atomic E-state index is 0.666. The smallest absolute Gasteiger partial charge is 0.0210 e. The van der Waals surface area contributed by atoms with Crippen molar-refractivity contribution < 1.29 is 0 Å². The first-order valence-corrected chi connectivity index (χ1v) is 8.86. The van der Waals surface area contributed by atoms with Crippen LogP contribution in [-0.2, 0) is 0 Å². The first kappa shape index (κ1) is 16.0. The van der Waals surface area contributed by atoms with Gasteiger partial charge in [-0.05, 0) is 49.7 Å². The van der Waals surface area contributed by atoms with Crippen LogP contribution in [-0.4, -0.2) is 12.1 Å². The fourth-order valence-corrected chi connectivity index (χ4v) is 3.74. The standard InChI is InChI=1S/C18H28BrN/c1-13(2)7-6-8-14(3)20-16-11-15(12-16)17-9-4-5-10-18(17)19/h4-5,9-10,13-16,20H,6-8,11-12H2,1-3H3. The molecule has 1 aromatic carbocycles. The minimum Gasteiger partial charge on any atom is -0.311 e. The van der Waals surface area contributed by atoms with Crippen molar-refractivity contribution in [3.63, 3.8) is 0 Å². The average Bonchev–Trinajstić information content (AvgIpc) is 2.34. The van der Waals surface area contributed by atoms with E-state index in [9.17, 15) is 0 Å². The highest BCUT2D eigenvalue weighted by Gasteiger charge is 2.31. The van der Waals surface area contributed by atoms with E-state index in [0.717, 1.165) is 17.9 Å². The second-order valence-corrected chi connectivity index (χ2v) is 7.63. The molecule has 1 aromatic rings. The molecular weight excluding hydrogens is 310 g/mol. The number of hydrogen-bond donors (Lipinski definition) is 1. The van der Waals surface area contributed by atoms with Gasteiger partial charge in [0.1, 0.15) is 0 Å². The van der Waals surface area contributed by atoms with E-state index in [1.807, 2.05) is 0 Å². The van der Waals surface area contributed by atoms with E-state index in [-0.39, 0.29) is 0 Å². The molecule has 1 aliphatic carbocycles. The van der Waals surface area contributed by atoms with Gasteiger partial charge in [0.25, 0.3) is 0 Å². The monoisotopic (exact) mass is 337 g/mol. The predicted molar refractivity (Wildman–Crippen MR) is 91.2 cm³/mol. The summed E-state index contributed by atoms with van der Waals surface area (Å²) in [4.78, 5) is 0. The van der Waals surface area contributed by atoms with Crippen molar-refractivity contribution in [1.29, 1.82) is 0 Å². The predicted octanol–water partition coefficient (Wildman–Crippen LogP) is 5.50. The van der Waals surface area contributed by atoms with E-state index in [2.05, 4.69) is 66.3 Å². The van der Waals surface area contributed by atoms with Gasteiger partial charge in [-0.25, -0.2) is 0 Å². The molecule has 0 radical (unpaired) electrons. The Labute approximate surface area is 132 Å². The van der Waals surface area contributed by atoms with Crippen LogP contribution in [0.3, 0.4) is 0 Å². The highest BCUT2D eigenvalue weighted by atomic mass is 79.9. The zero-order chi connectivity index (χ0) is 14.5. The SMILES string of the molecule is CC(C)CCCC(C)NC1CC(c2ccccc2Br)C1. The lowest BCUT2D eigenvalue weighted by Gasteiger charge is -2.38. The maximum absolute atomic E-state index is 3.79. The maximum atomic E-state index is 3.79. The van der Waals surface area contributed by atoms with Crippen molar-refractivity contribution in [2.45, 2.75) is 70.9 Å². The van der Waals surface area contributed by atoms with Crippen LogP contribution in [0.1, 0.15) is 64.4 Å². The molecule has 1 fully saturated rings. The van der Waals surface area contributed by atoms with Gasteiger partial charge in [-0.15, -0.1) is 0 Å². The number of benzene rings is 1. The van der Waals surface area contributed by atoms with Gasteiger partial charge in [-0.3, -0.25) is 0 Å². The summed E-state index contributed by atoms with van der Waals surface area (Å²) < 4.78 is 1.27. The molecule has 20 heavy (non-hydrogen) atoms. The first-order chi connectivity index (χ1) is 9.56. The molecule has 2 rings (SSSR count). The molecule has 1 saturated carbocycles. The fraction of sp³-hybridized carbons (Fsp3) is 0.667. The van der Waals surface area contributed by atoms with Gasteiger partial charge in [-0.1, -0.05) is 60.8 Å². The van der Waals surface area contributed by atoms with E-state index in [1.54, 1.807) is 0 Å². The summed E-state index contributed by atoms with van der Waals surface area (Å²) in [5.41, 5.74) is 1.48. The lowest BCUT2D eigenvalue weighted by Crippen LogP contribution is -2.44. The number of halogens is 1. The molecule has 1 nitrogen and oxygen atoms in total. The van der Waals surface area contributed by atoms with Crippen molar-refractivity contribution in [2.24, 2.45) is 5.92 Å². The summed E-state index contributed by atoms with van der Waals surface area (Å²) in [5, 5.41) is 3.79. The van der Waals surface area contributed by atoms with Crippen LogP contribution < -0.4 is 5.32 Å². The molecule has 0 aromatic heterocycles. The molecule has 2 heteroatoms. The summed E-state index contributed by atoms with van der Waals surface area (Å²) in [5.74, 6) is 1.58. The quantitative estimate of drug-likeness (QED) is 0.692. The Morgan fingerprint density at radius 2 is 1.85 bits per heavy atom. The van der Waals surface area contributed by atoms with Gasteiger partial charge >= 0.3 is 0 Å². The summed E-state index contributed by atoms with van der Waals surface area (Å²) in [6.45, 7) is 6.96. The number of nitrogens with one attached hydrogen (secondary N) is 1. The van der Waals surface area contributed by atoms with Gasteiger partial charge in [0.15, 0.2) is 0 Å². The van der Waals surface area contributed by atoms with Gasteiger partial charge in [0, 0.05) is 16.6 Å². The average molecular weight is 338 g/mol. The Hall–Kier alpha value is -0.340. The number of hydrogen-bond acceptors (Lipinski definition) is 1. The van der Waals surface area contributed by atoms with Gasteiger partial charge in [0.2, 0.25) is 0 Å². The normalized spacial score (nSPS) is 23.6. The third kappa shape index (κ3) is 4.60. The minimum atomic E-state index is 0.666. The highest BCUT2D eigenvalue weighted by Crippen LogP contribution is 2.40. The van der Waals surface area contributed by atoms with Gasteiger partial charge in [-0.2, -0.15) is 0 Å². The molecule has 1 aliphatic rings. The summed E-state index contributed by atoms with van der Waals surface area (Å²) >= 11 is 3.67. The van der Waals surface area contributed by atoms with E-state index < -0.39 is 0 Å². The molecule has 0 saturated heterocycles. The van der Waals surface area contributed by atoms with Crippen LogP contribution >= 0.6 is 15.9 Å². The Kier molecular flexibility index (Phi) is 6.10.